The molecule has 0 unspecified atom stereocenters. The number of amides is 1. The van der Waals surface area contributed by atoms with Crippen LogP contribution in [0.25, 0.3) is 10.8 Å². The number of nitrogens with zero attached hydrogens (tertiary/aromatic N) is 1. The molecule has 0 bridgehead atoms. The fourth-order valence-corrected chi connectivity index (χ4v) is 3.68. The summed E-state index contributed by atoms with van der Waals surface area (Å²) in [6.07, 6.45) is 1.44. The largest absolute Gasteiger partial charge is 0.484 e. The molecule has 0 saturated carbocycles. The van der Waals surface area contributed by atoms with Crippen molar-refractivity contribution in [1.82, 2.24) is 5.43 Å². The van der Waals surface area contributed by atoms with E-state index < -0.39 is 11.9 Å². The zero-order chi connectivity index (χ0) is 23.9. The third-order valence-corrected chi connectivity index (χ3v) is 5.53. The molecule has 0 aliphatic heterocycles. The highest BCUT2D eigenvalue weighted by Gasteiger charge is 2.12. The lowest BCUT2D eigenvalue weighted by molar-refractivity contribution is -0.123. The van der Waals surface area contributed by atoms with Crippen LogP contribution in [0, 0.1) is 0 Å². The van der Waals surface area contributed by atoms with Gasteiger partial charge in [0.1, 0.15) is 11.5 Å². The summed E-state index contributed by atoms with van der Waals surface area (Å²) in [5, 5.41) is 6.32. The summed E-state index contributed by atoms with van der Waals surface area (Å²) < 4.78 is 11.9. The summed E-state index contributed by atoms with van der Waals surface area (Å²) in [6.45, 7) is -0.186. The second-order valence-corrected chi connectivity index (χ2v) is 8.50. The quantitative estimate of drug-likeness (QED) is 0.136. The normalized spacial score (nSPS) is 10.9. The SMILES string of the molecule is O=C(COc1ccc2cc(Br)ccc2c1)NN=Cc1cccc(OC(=O)c2ccccc2Cl)c1. The molecule has 34 heavy (non-hydrogen) atoms. The van der Waals surface area contributed by atoms with Gasteiger partial charge in [0.2, 0.25) is 0 Å². The summed E-state index contributed by atoms with van der Waals surface area (Å²) in [5.41, 5.74) is 3.32. The molecule has 0 fully saturated rings. The minimum Gasteiger partial charge on any atom is -0.484 e. The molecule has 0 aliphatic carbocycles. The Balaban J connectivity index is 1.30. The maximum Gasteiger partial charge on any atom is 0.345 e. The van der Waals surface area contributed by atoms with Crippen LogP contribution in [0.4, 0.5) is 0 Å². The predicted octanol–water partition coefficient (Wildman–Crippen LogP) is 6.00. The summed E-state index contributed by atoms with van der Waals surface area (Å²) in [6, 6.07) is 24.9. The van der Waals surface area contributed by atoms with Crippen LogP contribution in [0.5, 0.6) is 11.5 Å². The van der Waals surface area contributed by atoms with Crippen LogP contribution in [0.1, 0.15) is 15.9 Å². The molecule has 4 aromatic carbocycles. The third-order valence-electron chi connectivity index (χ3n) is 4.71. The topological polar surface area (TPSA) is 77.0 Å². The molecule has 0 radical (unpaired) electrons. The zero-order valence-electron chi connectivity index (χ0n) is 17.7. The lowest BCUT2D eigenvalue weighted by Crippen LogP contribution is -2.24. The number of ether oxygens (including phenoxy) is 2. The van der Waals surface area contributed by atoms with Crippen molar-refractivity contribution in [1.29, 1.82) is 0 Å². The first-order valence-electron chi connectivity index (χ1n) is 10.2. The molecule has 4 rings (SSSR count). The van der Waals surface area contributed by atoms with E-state index in [4.69, 9.17) is 21.1 Å². The van der Waals surface area contributed by atoms with E-state index in [0.29, 0.717) is 22.1 Å². The van der Waals surface area contributed by atoms with E-state index in [2.05, 4.69) is 26.5 Å². The van der Waals surface area contributed by atoms with Gasteiger partial charge in [-0.3, -0.25) is 4.79 Å². The highest BCUT2D eigenvalue weighted by molar-refractivity contribution is 9.10. The smallest absolute Gasteiger partial charge is 0.345 e. The third kappa shape index (κ3) is 6.21. The molecule has 170 valence electrons. The Morgan fingerprint density at radius 3 is 2.56 bits per heavy atom. The van der Waals surface area contributed by atoms with E-state index in [1.54, 1.807) is 54.6 Å². The summed E-state index contributed by atoms with van der Waals surface area (Å²) in [7, 11) is 0. The molecule has 8 heteroatoms. The van der Waals surface area contributed by atoms with E-state index in [0.717, 1.165) is 15.2 Å². The van der Waals surface area contributed by atoms with Crippen LogP contribution in [-0.4, -0.2) is 24.7 Å². The van der Waals surface area contributed by atoms with Gasteiger partial charge in [0, 0.05) is 4.47 Å². The van der Waals surface area contributed by atoms with E-state index >= 15 is 0 Å². The van der Waals surface area contributed by atoms with Crippen molar-refractivity contribution in [3.63, 3.8) is 0 Å². The second-order valence-electron chi connectivity index (χ2n) is 7.18. The fourth-order valence-electron chi connectivity index (χ4n) is 3.09. The highest BCUT2D eigenvalue weighted by atomic mass is 79.9. The molecule has 0 atom stereocenters. The van der Waals surface area contributed by atoms with Crippen molar-refractivity contribution in [3.8, 4) is 11.5 Å². The van der Waals surface area contributed by atoms with E-state index in [1.165, 1.54) is 6.21 Å². The molecule has 0 aliphatic rings. The molecule has 4 aromatic rings. The van der Waals surface area contributed by atoms with Gasteiger partial charge in [0.25, 0.3) is 5.91 Å². The molecule has 6 nitrogen and oxygen atoms in total. The van der Waals surface area contributed by atoms with Crippen LogP contribution in [-0.2, 0) is 4.79 Å². The number of nitrogens with one attached hydrogen (secondary N) is 1. The lowest BCUT2D eigenvalue weighted by atomic mass is 10.1. The van der Waals surface area contributed by atoms with Crippen molar-refractivity contribution in [3.05, 3.63) is 106 Å². The molecule has 0 aromatic heterocycles. The number of benzene rings is 4. The van der Waals surface area contributed by atoms with Gasteiger partial charge in [0.05, 0.1) is 16.8 Å². The molecular weight excluding hydrogens is 520 g/mol. The Labute approximate surface area is 209 Å². The summed E-state index contributed by atoms with van der Waals surface area (Å²) in [4.78, 5) is 24.4. The maximum absolute atomic E-state index is 12.3. The molecule has 0 saturated heterocycles. The number of fused-ring (bicyclic) bond motifs is 1. The van der Waals surface area contributed by atoms with Gasteiger partial charge in [-0.25, -0.2) is 10.2 Å². The first kappa shape index (κ1) is 23.5. The van der Waals surface area contributed by atoms with Crippen LogP contribution in [0.15, 0.2) is 94.5 Å². The number of hydrogen-bond acceptors (Lipinski definition) is 5. The molecular formula is C26H18BrClN2O4. The van der Waals surface area contributed by atoms with Crippen molar-refractivity contribution in [2.24, 2.45) is 5.10 Å². The second kappa shape index (κ2) is 11.0. The molecule has 0 spiro atoms. The van der Waals surface area contributed by atoms with Crippen LogP contribution in [0.3, 0.4) is 0 Å². The first-order valence-corrected chi connectivity index (χ1v) is 11.4. The summed E-state index contributed by atoms with van der Waals surface area (Å²) >= 11 is 9.48. The van der Waals surface area contributed by atoms with E-state index in [9.17, 15) is 9.59 Å². The van der Waals surface area contributed by atoms with Gasteiger partial charge >= 0.3 is 5.97 Å². The van der Waals surface area contributed by atoms with Gasteiger partial charge in [-0.2, -0.15) is 5.10 Å². The highest BCUT2D eigenvalue weighted by Crippen LogP contribution is 2.24. The van der Waals surface area contributed by atoms with Crippen molar-refractivity contribution in [2.45, 2.75) is 0 Å². The zero-order valence-corrected chi connectivity index (χ0v) is 20.0. The standard InChI is InChI=1S/C26H18BrClN2O4/c27-20-10-8-19-14-21(11-9-18(19)13-20)33-16-25(31)30-29-15-17-4-3-5-22(12-17)34-26(32)23-6-1-2-7-24(23)28/h1-15H,16H2,(H,30,31). The molecule has 1 amide bonds. The van der Waals surface area contributed by atoms with Crippen molar-refractivity contribution in [2.75, 3.05) is 6.61 Å². The van der Waals surface area contributed by atoms with Crippen LogP contribution >= 0.6 is 27.5 Å². The summed E-state index contributed by atoms with van der Waals surface area (Å²) in [5.74, 6) is -0.0613. The fraction of sp³-hybridized carbons (Fsp3) is 0.0385. The first-order chi connectivity index (χ1) is 16.5. The molecule has 1 N–H and O–H groups in total. The number of carbonyl (C=O) groups is 2. The van der Waals surface area contributed by atoms with Crippen LogP contribution in [0.2, 0.25) is 5.02 Å². The Kier molecular flexibility index (Phi) is 7.57. The lowest BCUT2D eigenvalue weighted by Gasteiger charge is -2.07. The predicted molar refractivity (Wildman–Crippen MR) is 136 cm³/mol. The number of rotatable bonds is 7. The van der Waals surface area contributed by atoms with Crippen molar-refractivity contribution >= 4 is 56.4 Å². The Bertz CT molecular complexity index is 1390. The number of halogens is 2. The van der Waals surface area contributed by atoms with Gasteiger partial charge in [-0.1, -0.05) is 63.9 Å². The van der Waals surface area contributed by atoms with Gasteiger partial charge in [-0.05, 0) is 64.9 Å². The molecule has 0 heterocycles. The Morgan fingerprint density at radius 1 is 0.912 bits per heavy atom. The average Bonchev–Trinajstić information content (AvgIpc) is 2.83. The Hall–Kier alpha value is -3.68. The minimum absolute atomic E-state index is 0.186. The average molecular weight is 538 g/mol. The number of hydrazone groups is 1. The minimum atomic E-state index is -0.563. The van der Waals surface area contributed by atoms with E-state index in [1.807, 2.05) is 30.3 Å². The van der Waals surface area contributed by atoms with Gasteiger partial charge < -0.3 is 9.47 Å². The van der Waals surface area contributed by atoms with E-state index in [-0.39, 0.29) is 12.2 Å². The van der Waals surface area contributed by atoms with Gasteiger partial charge in [0.15, 0.2) is 6.61 Å². The number of hydrogen-bond donors (Lipinski definition) is 1. The van der Waals surface area contributed by atoms with Crippen LogP contribution < -0.4 is 14.9 Å². The number of esters is 1. The Morgan fingerprint density at radius 2 is 1.71 bits per heavy atom. The number of carbonyl (C=O) groups excluding carboxylic acids is 2. The monoisotopic (exact) mass is 536 g/mol. The van der Waals surface area contributed by atoms with Crippen molar-refractivity contribution < 1.29 is 19.1 Å². The maximum atomic E-state index is 12.3. The van der Waals surface area contributed by atoms with Gasteiger partial charge in [-0.15, -0.1) is 0 Å².